The summed E-state index contributed by atoms with van der Waals surface area (Å²) >= 11 is 0. The molecule has 0 spiro atoms. The molecule has 118 valence electrons. The van der Waals surface area contributed by atoms with E-state index in [0.29, 0.717) is 5.75 Å². The summed E-state index contributed by atoms with van der Waals surface area (Å²) in [5, 5.41) is 9.36. The Balaban J connectivity index is 1.90. The van der Waals surface area contributed by atoms with Gasteiger partial charge in [-0.2, -0.15) is 0 Å². The van der Waals surface area contributed by atoms with Crippen LogP contribution in [0.15, 0.2) is 30.3 Å². The molecule has 3 N–H and O–H groups in total. The first kappa shape index (κ1) is 17.8. The summed E-state index contributed by atoms with van der Waals surface area (Å²) in [4.78, 5) is 0. The van der Waals surface area contributed by atoms with Gasteiger partial charge in [-0.1, -0.05) is 69.2 Å². The van der Waals surface area contributed by atoms with Crippen LogP contribution in [0.1, 0.15) is 69.8 Å². The van der Waals surface area contributed by atoms with Crippen LogP contribution >= 0.6 is 0 Å². The maximum atomic E-state index is 9.36. The summed E-state index contributed by atoms with van der Waals surface area (Å²) < 4.78 is 0. The Labute approximate surface area is 130 Å². The van der Waals surface area contributed by atoms with Crippen molar-refractivity contribution < 1.29 is 5.11 Å². The van der Waals surface area contributed by atoms with E-state index in [4.69, 9.17) is 5.73 Å². The van der Waals surface area contributed by atoms with Crippen LogP contribution in [0.5, 0.6) is 5.75 Å². The molecule has 1 aromatic carbocycles. The average Bonchev–Trinajstić information content (AvgIpc) is 2.48. The van der Waals surface area contributed by atoms with Crippen LogP contribution < -0.4 is 5.73 Å². The van der Waals surface area contributed by atoms with Crippen LogP contribution in [0.3, 0.4) is 0 Å². The molecule has 0 aromatic heterocycles. The molecule has 0 fully saturated rings. The van der Waals surface area contributed by atoms with Crippen molar-refractivity contribution in [2.75, 3.05) is 6.54 Å². The third-order valence-corrected chi connectivity index (χ3v) is 3.76. The Kier molecular flexibility index (Phi) is 10.5. The Bertz CT molecular complexity index is 387. The highest BCUT2D eigenvalue weighted by Gasteiger charge is 1.92. The van der Waals surface area contributed by atoms with Crippen molar-refractivity contribution >= 4 is 6.08 Å². The van der Waals surface area contributed by atoms with Crippen LogP contribution in [-0.4, -0.2) is 11.7 Å². The second-order valence-electron chi connectivity index (χ2n) is 5.76. The fourth-order valence-electron chi connectivity index (χ4n) is 2.49. The fraction of sp³-hybridized carbons (Fsp3) is 0.579. The predicted octanol–water partition coefficient (Wildman–Crippen LogP) is 5.27. The van der Waals surface area contributed by atoms with Crippen LogP contribution in [-0.2, 0) is 0 Å². The molecule has 0 atom stereocenters. The molecule has 1 aromatic rings. The van der Waals surface area contributed by atoms with Crippen molar-refractivity contribution in [1.82, 2.24) is 0 Å². The Morgan fingerprint density at radius 1 is 0.857 bits per heavy atom. The summed E-state index contributed by atoms with van der Waals surface area (Å²) in [6, 6.07) is 7.39. The number of phenolic OH excluding ortho intramolecular Hbond substituents is 1. The van der Waals surface area contributed by atoms with Gasteiger partial charge in [0.25, 0.3) is 0 Å². The maximum Gasteiger partial charge on any atom is 0.116 e. The molecule has 2 nitrogen and oxygen atoms in total. The van der Waals surface area contributed by atoms with E-state index < -0.39 is 0 Å². The maximum absolute atomic E-state index is 9.36. The molecular formula is C19H31NO. The summed E-state index contributed by atoms with van der Waals surface area (Å²) in [6.07, 6.45) is 17.4. The highest BCUT2D eigenvalue weighted by molar-refractivity contribution is 5.51. The number of rotatable bonds is 12. The van der Waals surface area contributed by atoms with Crippen molar-refractivity contribution in [3.8, 4) is 5.75 Å². The summed E-state index contributed by atoms with van der Waals surface area (Å²) in [5.74, 6) is 0.337. The van der Waals surface area contributed by atoms with Gasteiger partial charge in [0.2, 0.25) is 0 Å². The van der Waals surface area contributed by atoms with E-state index in [1.807, 2.05) is 12.1 Å². The van der Waals surface area contributed by atoms with Gasteiger partial charge in [0.1, 0.15) is 5.75 Å². The van der Waals surface area contributed by atoms with Gasteiger partial charge in [0.05, 0.1) is 0 Å². The number of phenols is 1. The first-order valence-electron chi connectivity index (χ1n) is 8.48. The lowest BCUT2D eigenvalue weighted by Crippen LogP contribution is -1.97. The van der Waals surface area contributed by atoms with Crippen molar-refractivity contribution in [3.05, 3.63) is 35.9 Å². The topological polar surface area (TPSA) is 46.2 Å². The Hall–Kier alpha value is -1.28. The molecule has 21 heavy (non-hydrogen) atoms. The normalized spacial score (nSPS) is 11.3. The third kappa shape index (κ3) is 10.1. The van der Waals surface area contributed by atoms with Crippen molar-refractivity contribution in [2.45, 2.75) is 64.2 Å². The van der Waals surface area contributed by atoms with Crippen LogP contribution in [0.2, 0.25) is 0 Å². The number of benzene rings is 1. The van der Waals surface area contributed by atoms with Gasteiger partial charge >= 0.3 is 0 Å². The first-order valence-corrected chi connectivity index (χ1v) is 8.48. The zero-order valence-electron chi connectivity index (χ0n) is 13.3. The zero-order valence-corrected chi connectivity index (χ0v) is 13.3. The molecule has 0 unspecified atom stereocenters. The Morgan fingerprint density at radius 2 is 1.48 bits per heavy atom. The van der Waals surface area contributed by atoms with E-state index in [-0.39, 0.29) is 0 Å². The summed E-state index contributed by atoms with van der Waals surface area (Å²) in [5.41, 5.74) is 6.55. The zero-order chi connectivity index (χ0) is 15.2. The molecule has 0 aliphatic heterocycles. The quantitative estimate of drug-likeness (QED) is 0.515. The lowest BCUT2D eigenvalue weighted by molar-refractivity contribution is 0.475. The first-order chi connectivity index (χ1) is 10.3. The molecule has 0 saturated heterocycles. The molecule has 2 heteroatoms. The van der Waals surface area contributed by atoms with Gasteiger partial charge in [-0.05, 0) is 43.5 Å². The van der Waals surface area contributed by atoms with Gasteiger partial charge < -0.3 is 10.8 Å². The third-order valence-electron chi connectivity index (χ3n) is 3.76. The number of hydrogen-bond donors (Lipinski definition) is 2. The van der Waals surface area contributed by atoms with E-state index in [0.717, 1.165) is 18.5 Å². The van der Waals surface area contributed by atoms with Gasteiger partial charge in [-0.15, -0.1) is 0 Å². The molecule has 0 saturated carbocycles. The molecule has 0 aliphatic carbocycles. The van der Waals surface area contributed by atoms with Gasteiger partial charge in [-0.25, -0.2) is 0 Å². The van der Waals surface area contributed by atoms with Crippen LogP contribution in [0, 0.1) is 0 Å². The number of nitrogens with two attached hydrogens (primary N) is 1. The average molecular weight is 289 g/mol. The molecule has 1 rings (SSSR count). The number of aromatic hydroxyl groups is 1. The molecule has 0 radical (unpaired) electrons. The molecular weight excluding hydrogens is 258 g/mol. The number of hydrogen-bond acceptors (Lipinski definition) is 2. The van der Waals surface area contributed by atoms with Gasteiger partial charge in [-0.3, -0.25) is 0 Å². The van der Waals surface area contributed by atoms with Crippen molar-refractivity contribution in [2.24, 2.45) is 5.73 Å². The monoisotopic (exact) mass is 289 g/mol. The highest BCUT2D eigenvalue weighted by Crippen LogP contribution is 2.14. The van der Waals surface area contributed by atoms with E-state index in [1.54, 1.807) is 12.1 Å². The van der Waals surface area contributed by atoms with Crippen LogP contribution in [0.25, 0.3) is 6.08 Å². The SMILES string of the molecule is NCCCCCCCCCCCC=Cc1cccc(O)c1. The van der Waals surface area contributed by atoms with Crippen molar-refractivity contribution in [1.29, 1.82) is 0 Å². The van der Waals surface area contributed by atoms with E-state index in [1.165, 1.54) is 57.8 Å². The highest BCUT2D eigenvalue weighted by atomic mass is 16.3. The lowest BCUT2D eigenvalue weighted by atomic mass is 10.1. The number of allylic oxidation sites excluding steroid dienone is 1. The van der Waals surface area contributed by atoms with Crippen LogP contribution in [0.4, 0.5) is 0 Å². The van der Waals surface area contributed by atoms with Gasteiger partial charge in [0, 0.05) is 0 Å². The second-order valence-corrected chi connectivity index (χ2v) is 5.76. The van der Waals surface area contributed by atoms with E-state index >= 15 is 0 Å². The Morgan fingerprint density at radius 3 is 2.10 bits per heavy atom. The number of unbranched alkanes of at least 4 members (excludes halogenated alkanes) is 9. The predicted molar refractivity (Wildman–Crippen MR) is 92.4 cm³/mol. The summed E-state index contributed by atoms with van der Waals surface area (Å²) in [7, 11) is 0. The lowest BCUT2D eigenvalue weighted by Gasteiger charge is -2.01. The molecule has 0 bridgehead atoms. The molecule has 0 amide bonds. The molecule has 0 aliphatic rings. The summed E-state index contributed by atoms with van der Waals surface area (Å²) in [6.45, 7) is 0.843. The van der Waals surface area contributed by atoms with E-state index in [9.17, 15) is 5.11 Å². The smallest absolute Gasteiger partial charge is 0.116 e. The van der Waals surface area contributed by atoms with Gasteiger partial charge in [0.15, 0.2) is 0 Å². The fourth-order valence-corrected chi connectivity index (χ4v) is 2.49. The second kappa shape index (κ2) is 12.5. The minimum absolute atomic E-state index is 0.337. The molecule has 0 heterocycles. The minimum Gasteiger partial charge on any atom is -0.508 e. The van der Waals surface area contributed by atoms with E-state index in [2.05, 4.69) is 12.2 Å². The van der Waals surface area contributed by atoms with Crippen molar-refractivity contribution in [3.63, 3.8) is 0 Å². The standard InChI is InChI=1S/C19H31NO/c20-16-11-9-7-5-3-1-2-4-6-8-10-13-18-14-12-15-19(21)17-18/h10,12-15,17,21H,1-9,11,16,20H2. The largest absolute Gasteiger partial charge is 0.508 e. The minimum atomic E-state index is 0.337.